The highest BCUT2D eigenvalue weighted by molar-refractivity contribution is 5.82. The van der Waals surface area contributed by atoms with Crippen LogP contribution in [-0.2, 0) is 31.1 Å². The average molecular weight is 420 g/mol. The molecule has 8 heteroatoms. The third-order valence-corrected chi connectivity index (χ3v) is 6.86. The van der Waals surface area contributed by atoms with Crippen molar-refractivity contribution in [3.05, 3.63) is 52.8 Å². The molecule has 1 atom stereocenters. The van der Waals surface area contributed by atoms with Gasteiger partial charge in [0.25, 0.3) is 0 Å². The van der Waals surface area contributed by atoms with E-state index in [0.717, 1.165) is 50.7 Å². The van der Waals surface area contributed by atoms with Gasteiger partial charge < -0.3 is 5.32 Å². The van der Waals surface area contributed by atoms with Gasteiger partial charge in [0.2, 0.25) is 5.91 Å². The average Bonchev–Trinajstić information content (AvgIpc) is 3.34. The van der Waals surface area contributed by atoms with Crippen LogP contribution in [0.2, 0.25) is 0 Å². The lowest BCUT2D eigenvalue weighted by Gasteiger charge is -2.32. The fourth-order valence-corrected chi connectivity index (χ4v) is 4.62. The summed E-state index contributed by atoms with van der Waals surface area (Å²) in [6.07, 6.45) is 0.222. The van der Waals surface area contributed by atoms with Crippen molar-refractivity contribution in [2.75, 3.05) is 13.1 Å². The minimum atomic E-state index is -4.42. The number of aryl methyl sites for hydroxylation is 1. The van der Waals surface area contributed by atoms with Crippen LogP contribution in [0, 0.1) is 18.3 Å². The second-order valence-corrected chi connectivity index (χ2v) is 8.65. The van der Waals surface area contributed by atoms with Crippen LogP contribution >= 0.6 is 0 Å². The zero-order valence-corrected chi connectivity index (χ0v) is 17.3. The van der Waals surface area contributed by atoms with E-state index in [0.29, 0.717) is 0 Å². The molecule has 1 aromatic heterocycles. The molecule has 2 fully saturated rings. The number of nitrogens with one attached hydrogen (secondary N) is 1. The summed E-state index contributed by atoms with van der Waals surface area (Å²) in [5, 5.41) is 7.03. The number of piperidine rings is 1. The molecule has 1 unspecified atom stereocenters. The first-order valence-corrected chi connectivity index (χ1v) is 10.3. The molecule has 5 nitrogen and oxygen atoms in total. The molecule has 0 radical (unpaired) electrons. The van der Waals surface area contributed by atoms with Gasteiger partial charge in [-0.25, -0.2) is 0 Å². The van der Waals surface area contributed by atoms with Crippen LogP contribution < -0.4 is 5.32 Å². The molecule has 1 N–H and O–H groups in total. The standard InChI is InChI=1S/C22H27F3N4O/c1-15-17(13-27-28(15)2)14-29-9-7-21(8-10-29)11-19(21)20(30)26-12-16-5-3-4-6-18(16)22(23,24)25/h3-6,13,19H,7-12,14H2,1-2H3,(H,26,30). The molecule has 2 aliphatic rings. The minimum Gasteiger partial charge on any atom is -0.352 e. The highest BCUT2D eigenvalue weighted by Crippen LogP contribution is 2.59. The number of amides is 1. The summed E-state index contributed by atoms with van der Waals surface area (Å²) < 4.78 is 41.3. The number of rotatable bonds is 5. The van der Waals surface area contributed by atoms with Crippen molar-refractivity contribution in [2.24, 2.45) is 18.4 Å². The first-order chi connectivity index (χ1) is 14.2. The van der Waals surface area contributed by atoms with Gasteiger partial charge in [0.1, 0.15) is 0 Å². The maximum absolute atomic E-state index is 13.1. The summed E-state index contributed by atoms with van der Waals surface area (Å²) in [7, 11) is 1.94. The van der Waals surface area contributed by atoms with E-state index in [1.54, 1.807) is 6.07 Å². The second kappa shape index (κ2) is 7.72. The Kier molecular flexibility index (Phi) is 5.38. The molecule has 2 aromatic rings. The molecule has 2 heterocycles. The molecule has 1 amide bonds. The van der Waals surface area contributed by atoms with E-state index in [4.69, 9.17) is 0 Å². The first kappa shape index (κ1) is 20.9. The van der Waals surface area contributed by atoms with Gasteiger partial charge in [-0.1, -0.05) is 18.2 Å². The number of benzene rings is 1. The van der Waals surface area contributed by atoms with Crippen LogP contribution in [0.5, 0.6) is 0 Å². The second-order valence-electron chi connectivity index (χ2n) is 8.65. The molecule has 4 rings (SSSR count). The Morgan fingerprint density at radius 3 is 2.57 bits per heavy atom. The lowest BCUT2D eigenvalue weighted by molar-refractivity contribution is -0.138. The highest BCUT2D eigenvalue weighted by atomic mass is 19.4. The molecule has 1 saturated heterocycles. The highest BCUT2D eigenvalue weighted by Gasteiger charge is 2.58. The molecule has 1 saturated carbocycles. The van der Waals surface area contributed by atoms with Gasteiger partial charge in [0.15, 0.2) is 0 Å². The quantitative estimate of drug-likeness (QED) is 0.803. The molecule has 1 aliphatic heterocycles. The first-order valence-electron chi connectivity index (χ1n) is 10.3. The molecule has 162 valence electrons. The van der Waals surface area contributed by atoms with Gasteiger partial charge in [-0.15, -0.1) is 0 Å². The van der Waals surface area contributed by atoms with E-state index in [1.165, 1.54) is 17.7 Å². The van der Waals surface area contributed by atoms with E-state index in [9.17, 15) is 18.0 Å². The summed E-state index contributed by atoms with van der Waals surface area (Å²) in [6.45, 7) is 4.68. The number of likely N-dealkylation sites (tertiary alicyclic amines) is 1. The summed E-state index contributed by atoms with van der Waals surface area (Å²) in [5.74, 6) is -0.207. The summed E-state index contributed by atoms with van der Waals surface area (Å²) in [5.41, 5.74) is 1.83. The normalized spacial score (nSPS) is 21.0. The molecule has 1 aromatic carbocycles. The number of carbonyl (C=O) groups is 1. The van der Waals surface area contributed by atoms with Crippen molar-refractivity contribution >= 4 is 5.91 Å². The SMILES string of the molecule is Cc1c(CN2CCC3(CC2)CC3C(=O)NCc2ccccc2C(F)(F)F)cnn1C. The van der Waals surface area contributed by atoms with Crippen molar-refractivity contribution in [1.29, 1.82) is 0 Å². The number of aromatic nitrogens is 2. The van der Waals surface area contributed by atoms with E-state index in [-0.39, 0.29) is 29.3 Å². The number of nitrogens with zero attached hydrogens (tertiary/aromatic N) is 3. The maximum Gasteiger partial charge on any atom is 0.416 e. The third kappa shape index (κ3) is 4.10. The third-order valence-electron chi connectivity index (χ3n) is 6.86. The van der Waals surface area contributed by atoms with Gasteiger partial charge in [0.05, 0.1) is 11.8 Å². The Morgan fingerprint density at radius 2 is 1.93 bits per heavy atom. The number of alkyl halides is 3. The molecule has 0 bridgehead atoms. The van der Waals surface area contributed by atoms with Crippen LogP contribution in [0.25, 0.3) is 0 Å². The molecule has 30 heavy (non-hydrogen) atoms. The Balaban J connectivity index is 1.29. The zero-order chi connectivity index (χ0) is 21.5. The van der Waals surface area contributed by atoms with Gasteiger partial charge >= 0.3 is 6.18 Å². The van der Waals surface area contributed by atoms with Gasteiger partial charge in [0, 0.05) is 37.3 Å². The predicted octanol–water partition coefficient (Wildman–Crippen LogP) is 3.67. The van der Waals surface area contributed by atoms with Gasteiger partial charge in [-0.3, -0.25) is 14.4 Å². The van der Waals surface area contributed by atoms with Crippen molar-refractivity contribution in [2.45, 2.75) is 45.5 Å². The van der Waals surface area contributed by atoms with Crippen molar-refractivity contribution < 1.29 is 18.0 Å². The van der Waals surface area contributed by atoms with Crippen LogP contribution in [-0.4, -0.2) is 33.7 Å². The summed E-state index contributed by atoms with van der Waals surface area (Å²) in [6, 6.07) is 5.41. The Hall–Kier alpha value is -2.35. The van der Waals surface area contributed by atoms with E-state index in [2.05, 4.69) is 22.2 Å². The van der Waals surface area contributed by atoms with Crippen LogP contribution in [0.1, 0.15) is 41.6 Å². The van der Waals surface area contributed by atoms with Gasteiger partial charge in [-0.05, 0) is 56.3 Å². The summed E-state index contributed by atoms with van der Waals surface area (Å²) >= 11 is 0. The summed E-state index contributed by atoms with van der Waals surface area (Å²) in [4.78, 5) is 15.0. The molecule has 1 spiro atoms. The monoisotopic (exact) mass is 420 g/mol. The predicted molar refractivity (Wildman–Crippen MR) is 106 cm³/mol. The molecular formula is C22H27F3N4O. The lowest BCUT2D eigenvalue weighted by atomic mass is 9.90. The Labute approximate surface area is 174 Å². The smallest absolute Gasteiger partial charge is 0.352 e. The van der Waals surface area contributed by atoms with Crippen molar-refractivity contribution in [1.82, 2.24) is 20.0 Å². The lowest BCUT2D eigenvalue weighted by Crippen LogP contribution is -2.36. The fourth-order valence-electron chi connectivity index (χ4n) is 4.62. The number of hydrogen-bond donors (Lipinski definition) is 1. The van der Waals surface area contributed by atoms with Gasteiger partial charge in [-0.2, -0.15) is 18.3 Å². The van der Waals surface area contributed by atoms with Crippen molar-refractivity contribution in [3.63, 3.8) is 0 Å². The van der Waals surface area contributed by atoms with E-state index in [1.807, 2.05) is 17.9 Å². The molecular weight excluding hydrogens is 393 g/mol. The van der Waals surface area contributed by atoms with E-state index < -0.39 is 11.7 Å². The Bertz CT molecular complexity index is 929. The van der Waals surface area contributed by atoms with Crippen LogP contribution in [0.4, 0.5) is 13.2 Å². The fraction of sp³-hybridized carbons (Fsp3) is 0.545. The number of hydrogen-bond acceptors (Lipinski definition) is 3. The number of halogens is 3. The minimum absolute atomic E-state index is 0.0219. The van der Waals surface area contributed by atoms with Crippen LogP contribution in [0.3, 0.4) is 0 Å². The van der Waals surface area contributed by atoms with Crippen molar-refractivity contribution in [3.8, 4) is 0 Å². The topological polar surface area (TPSA) is 50.2 Å². The maximum atomic E-state index is 13.1. The number of carbonyl (C=O) groups excluding carboxylic acids is 1. The largest absolute Gasteiger partial charge is 0.416 e. The molecule has 1 aliphatic carbocycles. The van der Waals surface area contributed by atoms with E-state index >= 15 is 0 Å². The Morgan fingerprint density at radius 1 is 1.23 bits per heavy atom. The van der Waals surface area contributed by atoms with Crippen LogP contribution in [0.15, 0.2) is 30.5 Å². The zero-order valence-electron chi connectivity index (χ0n) is 17.3.